The van der Waals surface area contributed by atoms with Gasteiger partial charge < -0.3 is 16.8 Å². The molecule has 1 rings (SSSR count). The van der Waals surface area contributed by atoms with Gasteiger partial charge in [-0.3, -0.25) is 9.59 Å². The highest BCUT2D eigenvalue weighted by atomic mass is 35.5. The van der Waals surface area contributed by atoms with Crippen LogP contribution in [0.3, 0.4) is 0 Å². The Balaban J connectivity index is 2.85. The number of nitrogens with one attached hydrogen (secondary N) is 1. The lowest BCUT2D eigenvalue weighted by Crippen LogP contribution is -2.46. The Morgan fingerprint density at radius 3 is 2.44 bits per heavy atom. The first-order chi connectivity index (χ1) is 8.19. The van der Waals surface area contributed by atoms with Crippen LogP contribution in [0.4, 0.5) is 5.69 Å². The fraction of sp³-hybridized carbons (Fsp3) is 0.333. The summed E-state index contributed by atoms with van der Waals surface area (Å²) in [5, 5.41) is 3.09. The van der Waals surface area contributed by atoms with Gasteiger partial charge in [0.25, 0.3) is 5.91 Å². The molecule has 5 N–H and O–H groups in total. The molecule has 1 aromatic carbocycles. The SMILES string of the molecule is CC(C)(CC(N)=O)NC(=O)c1cc(N)cc(Cl)c1. The first kappa shape index (κ1) is 14.3. The van der Waals surface area contributed by atoms with Crippen molar-refractivity contribution >= 4 is 29.1 Å². The summed E-state index contributed by atoms with van der Waals surface area (Å²) in [7, 11) is 0. The molecule has 0 fully saturated rings. The average molecular weight is 270 g/mol. The van der Waals surface area contributed by atoms with Gasteiger partial charge >= 0.3 is 0 Å². The van der Waals surface area contributed by atoms with Crippen LogP contribution in [-0.4, -0.2) is 17.4 Å². The smallest absolute Gasteiger partial charge is 0.251 e. The third-order valence-electron chi connectivity index (χ3n) is 2.25. The molecule has 0 heterocycles. The molecule has 0 bridgehead atoms. The Bertz CT molecular complexity index is 466. The van der Waals surface area contributed by atoms with E-state index in [1.807, 2.05) is 0 Å². The number of primary amides is 1. The molecule has 6 heteroatoms. The van der Waals surface area contributed by atoms with Gasteiger partial charge in [-0.1, -0.05) is 11.6 Å². The molecule has 0 atom stereocenters. The second-order valence-electron chi connectivity index (χ2n) is 4.75. The zero-order valence-electron chi connectivity index (χ0n) is 10.3. The van der Waals surface area contributed by atoms with Crippen molar-refractivity contribution in [3.05, 3.63) is 28.8 Å². The van der Waals surface area contributed by atoms with Crippen molar-refractivity contribution in [3.63, 3.8) is 0 Å². The molecule has 18 heavy (non-hydrogen) atoms. The third kappa shape index (κ3) is 4.25. The molecule has 0 radical (unpaired) electrons. The number of hydrogen-bond acceptors (Lipinski definition) is 3. The average Bonchev–Trinajstić information content (AvgIpc) is 2.12. The molecule has 5 nitrogen and oxygen atoms in total. The lowest BCUT2D eigenvalue weighted by molar-refractivity contribution is -0.119. The summed E-state index contributed by atoms with van der Waals surface area (Å²) in [5.74, 6) is -0.832. The zero-order valence-corrected chi connectivity index (χ0v) is 11.0. The molecule has 0 unspecified atom stereocenters. The zero-order chi connectivity index (χ0) is 13.9. The van der Waals surface area contributed by atoms with E-state index in [-0.39, 0.29) is 12.3 Å². The summed E-state index contributed by atoms with van der Waals surface area (Å²) in [6.07, 6.45) is 0.0504. The van der Waals surface area contributed by atoms with Crippen LogP contribution in [0, 0.1) is 0 Å². The molecule has 0 aliphatic heterocycles. The topological polar surface area (TPSA) is 98.2 Å². The molecule has 1 aromatic rings. The van der Waals surface area contributed by atoms with E-state index in [0.717, 1.165) is 0 Å². The highest BCUT2D eigenvalue weighted by molar-refractivity contribution is 6.31. The van der Waals surface area contributed by atoms with Gasteiger partial charge in [0.15, 0.2) is 0 Å². The largest absolute Gasteiger partial charge is 0.399 e. The van der Waals surface area contributed by atoms with E-state index in [2.05, 4.69) is 5.32 Å². The number of nitrogens with two attached hydrogens (primary N) is 2. The minimum absolute atomic E-state index is 0.0504. The summed E-state index contributed by atoms with van der Waals surface area (Å²) in [4.78, 5) is 22.8. The number of carbonyl (C=O) groups excluding carboxylic acids is 2. The number of anilines is 1. The number of halogens is 1. The van der Waals surface area contributed by atoms with Crippen LogP contribution in [0.1, 0.15) is 30.6 Å². The Morgan fingerprint density at radius 1 is 1.33 bits per heavy atom. The molecule has 0 aliphatic rings. The maximum atomic E-state index is 12.0. The monoisotopic (exact) mass is 269 g/mol. The fourth-order valence-electron chi connectivity index (χ4n) is 1.60. The van der Waals surface area contributed by atoms with Crippen LogP contribution < -0.4 is 16.8 Å². The van der Waals surface area contributed by atoms with Gasteiger partial charge in [-0.15, -0.1) is 0 Å². The van der Waals surface area contributed by atoms with Gasteiger partial charge in [0, 0.05) is 28.2 Å². The summed E-state index contributed by atoms with van der Waals surface area (Å²) < 4.78 is 0. The highest BCUT2D eigenvalue weighted by Gasteiger charge is 2.23. The molecule has 0 aliphatic carbocycles. The maximum Gasteiger partial charge on any atom is 0.251 e. The Morgan fingerprint density at radius 2 is 1.94 bits per heavy atom. The van der Waals surface area contributed by atoms with E-state index >= 15 is 0 Å². The van der Waals surface area contributed by atoms with Crippen LogP contribution >= 0.6 is 11.6 Å². The highest BCUT2D eigenvalue weighted by Crippen LogP contribution is 2.17. The first-order valence-corrected chi connectivity index (χ1v) is 5.74. The van der Waals surface area contributed by atoms with Gasteiger partial charge in [0.2, 0.25) is 5.91 Å². The quantitative estimate of drug-likeness (QED) is 0.719. The van der Waals surface area contributed by atoms with E-state index in [9.17, 15) is 9.59 Å². The van der Waals surface area contributed by atoms with Gasteiger partial charge in [-0.25, -0.2) is 0 Å². The van der Waals surface area contributed by atoms with Gasteiger partial charge in [-0.2, -0.15) is 0 Å². The second kappa shape index (κ2) is 5.27. The van der Waals surface area contributed by atoms with E-state index in [1.54, 1.807) is 19.9 Å². The van der Waals surface area contributed by atoms with Crippen molar-refractivity contribution in [1.29, 1.82) is 0 Å². The van der Waals surface area contributed by atoms with E-state index < -0.39 is 11.4 Å². The van der Waals surface area contributed by atoms with Gasteiger partial charge in [0.1, 0.15) is 0 Å². The van der Waals surface area contributed by atoms with Crippen molar-refractivity contribution in [2.24, 2.45) is 5.73 Å². The second-order valence-corrected chi connectivity index (χ2v) is 5.19. The molecule has 0 saturated carbocycles. The number of rotatable bonds is 4. The van der Waals surface area contributed by atoms with Crippen molar-refractivity contribution in [2.45, 2.75) is 25.8 Å². The maximum absolute atomic E-state index is 12.0. The van der Waals surface area contributed by atoms with E-state index in [0.29, 0.717) is 16.3 Å². The molecule has 98 valence electrons. The van der Waals surface area contributed by atoms with Crippen LogP contribution in [0.5, 0.6) is 0 Å². The van der Waals surface area contributed by atoms with E-state index in [4.69, 9.17) is 23.1 Å². The van der Waals surface area contributed by atoms with Gasteiger partial charge in [-0.05, 0) is 32.0 Å². The van der Waals surface area contributed by atoms with Crippen LogP contribution in [-0.2, 0) is 4.79 Å². The van der Waals surface area contributed by atoms with Crippen LogP contribution in [0.15, 0.2) is 18.2 Å². The van der Waals surface area contributed by atoms with E-state index in [1.165, 1.54) is 12.1 Å². The number of hydrogen-bond donors (Lipinski definition) is 3. The first-order valence-electron chi connectivity index (χ1n) is 5.36. The number of benzene rings is 1. The molecule has 2 amide bonds. The molecular formula is C12H16ClN3O2. The predicted octanol–water partition coefficient (Wildman–Crippen LogP) is 1.31. The lowest BCUT2D eigenvalue weighted by Gasteiger charge is -2.24. The molecule has 0 aromatic heterocycles. The minimum Gasteiger partial charge on any atom is -0.399 e. The lowest BCUT2D eigenvalue weighted by atomic mass is 9.99. The summed E-state index contributed by atoms with van der Waals surface area (Å²) in [5.41, 5.74) is 10.7. The summed E-state index contributed by atoms with van der Waals surface area (Å²) >= 11 is 5.82. The summed E-state index contributed by atoms with van der Waals surface area (Å²) in [6, 6.07) is 4.57. The van der Waals surface area contributed by atoms with Crippen LogP contribution in [0.25, 0.3) is 0 Å². The fourth-order valence-corrected chi connectivity index (χ4v) is 1.85. The normalized spacial score (nSPS) is 11.1. The standard InChI is InChI=1S/C12H16ClN3O2/c1-12(2,6-10(15)17)16-11(18)7-3-8(13)5-9(14)4-7/h3-5H,6,14H2,1-2H3,(H2,15,17)(H,16,18). The van der Waals surface area contributed by atoms with Crippen molar-refractivity contribution in [2.75, 3.05) is 5.73 Å². The van der Waals surface area contributed by atoms with Crippen molar-refractivity contribution in [1.82, 2.24) is 5.32 Å². The summed E-state index contributed by atoms with van der Waals surface area (Å²) in [6.45, 7) is 3.42. The Hall–Kier alpha value is -1.75. The Labute approximate surface area is 110 Å². The van der Waals surface area contributed by atoms with Crippen molar-refractivity contribution < 1.29 is 9.59 Å². The number of carbonyl (C=O) groups is 2. The van der Waals surface area contributed by atoms with Crippen LogP contribution in [0.2, 0.25) is 5.02 Å². The Kier molecular flexibility index (Phi) is 4.19. The number of amides is 2. The number of nitrogen functional groups attached to an aromatic ring is 1. The van der Waals surface area contributed by atoms with Crippen molar-refractivity contribution in [3.8, 4) is 0 Å². The third-order valence-corrected chi connectivity index (χ3v) is 2.47. The molecule has 0 saturated heterocycles. The molecular weight excluding hydrogens is 254 g/mol. The van der Waals surface area contributed by atoms with Gasteiger partial charge in [0.05, 0.1) is 0 Å². The minimum atomic E-state index is -0.722. The molecule has 0 spiro atoms. The predicted molar refractivity (Wildman–Crippen MR) is 71.2 cm³/mol.